The molecule has 1 aliphatic heterocycles. The molecule has 0 spiro atoms. The van der Waals surface area contributed by atoms with Crippen LogP contribution in [0.4, 0.5) is 0 Å². The lowest BCUT2D eigenvalue weighted by Crippen LogP contribution is -2.63. The van der Waals surface area contributed by atoms with Crippen molar-refractivity contribution < 1.29 is 52.4 Å². The highest BCUT2D eigenvalue weighted by atomic mass is 32.2. The number of carbonyl (C=O) groups excluding carboxylic acids is 5. The standard InChI is InChI=1S/C18H26O11S/c1-9(19)25-8-14-15(26-10(2)20)16(27-11(3)21)17(28-12(4)22)18(29-14)24-6-7-30-13(5)23/h14-18H,6-8H2,1-5H3. The smallest absolute Gasteiger partial charge is 0.303 e. The maximum Gasteiger partial charge on any atom is 0.303 e. The molecule has 11 nitrogen and oxygen atoms in total. The zero-order valence-corrected chi connectivity index (χ0v) is 18.2. The van der Waals surface area contributed by atoms with Gasteiger partial charge in [0.2, 0.25) is 0 Å². The maximum absolute atomic E-state index is 11.7. The van der Waals surface area contributed by atoms with E-state index in [0.29, 0.717) is 5.75 Å². The molecule has 1 saturated heterocycles. The van der Waals surface area contributed by atoms with Gasteiger partial charge in [-0.1, -0.05) is 11.8 Å². The average molecular weight is 450 g/mol. The lowest BCUT2D eigenvalue weighted by atomic mass is 9.98. The Labute approximate surface area is 178 Å². The van der Waals surface area contributed by atoms with Gasteiger partial charge in [0, 0.05) is 40.4 Å². The van der Waals surface area contributed by atoms with Crippen molar-refractivity contribution >= 4 is 40.8 Å². The van der Waals surface area contributed by atoms with Gasteiger partial charge in [-0.15, -0.1) is 0 Å². The Morgan fingerprint density at radius 2 is 1.30 bits per heavy atom. The van der Waals surface area contributed by atoms with E-state index in [1.807, 2.05) is 0 Å². The van der Waals surface area contributed by atoms with E-state index in [-0.39, 0.29) is 18.3 Å². The fourth-order valence-corrected chi connectivity index (χ4v) is 3.14. The number of esters is 4. The monoisotopic (exact) mass is 450 g/mol. The predicted molar refractivity (Wildman–Crippen MR) is 101 cm³/mol. The van der Waals surface area contributed by atoms with Crippen molar-refractivity contribution in [2.24, 2.45) is 0 Å². The van der Waals surface area contributed by atoms with Crippen molar-refractivity contribution in [3.8, 4) is 0 Å². The molecular weight excluding hydrogens is 424 g/mol. The molecule has 0 bridgehead atoms. The fourth-order valence-electron chi connectivity index (χ4n) is 2.67. The molecule has 12 heteroatoms. The number of hydrogen-bond acceptors (Lipinski definition) is 12. The summed E-state index contributed by atoms with van der Waals surface area (Å²) in [6, 6.07) is 0. The van der Waals surface area contributed by atoms with Crippen LogP contribution in [0.3, 0.4) is 0 Å². The topological polar surface area (TPSA) is 141 Å². The summed E-state index contributed by atoms with van der Waals surface area (Å²) in [6.45, 7) is 5.69. The molecule has 0 aromatic carbocycles. The van der Waals surface area contributed by atoms with Gasteiger partial charge in [-0.3, -0.25) is 24.0 Å². The molecule has 0 N–H and O–H groups in total. The first-order valence-corrected chi connectivity index (χ1v) is 10.0. The van der Waals surface area contributed by atoms with Gasteiger partial charge >= 0.3 is 23.9 Å². The Morgan fingerprint density at radius 1 is 0.767 bits per heavy atom. The normalized spacial score (nSPS) is 25.7. The summed E-state index contributed by atoms with van der Waals surface area (Å²) in [5.74, 6) is -2.47. The van der Waals surface area contributed by atoms with Gasteiger partial charge in [0.1, 0.15) is 12.7 Å². The summed E-state index contributed by atoms with van der Waals surface area (Å²) < 4.78 is 32.1. The zero-order chi connectivity index (χ0) is 22.8. The van der Waals surface area contributed by atoms with Crippen LogP contribution in [-0.4, -0.2) is 78.7 Å². The Morgan fingerprint density at radius 3 is 1.80 bits per heavy atom. The van der Waals surface area contributed by atoms with Crippen molar-refractivity contribution in [1.29, 1.82) is 0 Å². The summed E-state index contributed by atoms with van der Waals surface area (Å²) in [6.07, 6.45) is -6.10. The summed E-state index contributed by atoms with van der Waals surface area (Å²) in [5.41, 5.74) is 0. The van der Waals surface area contributed by atoms with Gasteiger partial charge in [-0.25, -0.2) is 0 Å². The first kappa shape index (κ1) is 25.9. The second kappa shape index (κ2) is 12.5. The molecule has 0 amide bonds. The van der Waals surface area contributed by atoms with Crippen molar-refractivity contribution in [2.45, 2.75) is 65.3 Å². The highest BCUT2D eigenvalue weighted by Gasteiger charge is 2.52. The van der Waals surface area contributed by atoms with E-state index < -0.39 is 54.6 Å². The minimum absolute atomic E-state index is 0.0397. The van der Waals surface area contributed by atoms with Crippen LogP contribution in [0.25, 0.3) is 0 Å². The number of ether oxygens (including phenoxy) is 6. The molecule has 170 valence electrons. The molecule has 1 rings (SSSR count). The zero-order valence-electron chi connectivity index (χ0n) is 17.4. The summed E-state index contributed by atoms with van der Waals surface area (Å²) in [4.78, 5) is 57.2. The third kappa shape index (κ3) is 9.09. The molecule has 30 heavy (non-hydrogen) atoms. The van der Waals surface area contributed by atoms with E-state index >= 15 is 0 Å². The molecule has 0 aliphatic carbocycles. The van der Waals surface area contributed by atoms with Gasteiger partial charge in [-0.05, 0) is 0 Å². The highest BCUT2D eigenvalue weighted by molar-refractivity contribution is 8.13. The highest BCUT2D eigenvalue weighted by Crippen LogP contribution is 2.30. The summed E-state index contributed by atoms with van der Waals surface area (Å²) in [5, 5.41) is -0.111. The van der Waals surface area contributed by atoms with E-state index in [2.05, 4.69) is 0 Å². The van der Waals surface area contributed by atoms with Crippen LogP contribution in [-0.2, 0) is 52.4 Å². The number of thioether (sulfide) groups is 1. The largest absolute Gasteiger partial charge is 0.463 e. The molecule has 0 radical (unpaired) electrons. The second-order valence-corrected chi connectivity index (χ2v) is 7.55. The first-order valence-electron chi connectivity index (χ1n) is 9.06. The van der Waals surface area contributed by atoms with Gasteiger partial charge in [0.25, 0.3) is 0 Å². The lowest BCUT2D eigenvalue weighted by Gasteiger charge is -2.44. The van der Waals surface area contributed by atoms with Crippen LogP contribution in [0.5, 0.6) is 0 Å². The maximum atomic E-state index is 11.7. The van der Waals surface area contributed by atoms with Gasteiger partial charge in [-0.2, -0.15) is 0 Å². The van der Waals surface area contributed by atoms with E-state index in [1.165, 1.54) is 13.8 Å². The van der Waals surface area contributed by atoms with Crippen LogP contribution in [0.1, 0.15) is 34.6 Å². The average Bonchev–Trinajstić information content (AvgIpc) is 2.60. The van der Waals surface area contributed by atoms with E-state index in [9.17, 15) is 24.0 Å². The Balaban J connectivity index is 3.17. The minimum atomic E-state index is -1.28. The van der Waals surface area contributed by atoms with E-state index in [1.54, 1.807) is 0 Å². The van der Waals surface area contributed by atoms with Crippen molar-refractivity contribution in [2.75, 3.05) is 19.0 Å². The molecule has 1 heterocycles. The van der Waals surface area contributed by atoms with Crippen LogP contribution in [0.2, 0.25) is 0 Å². The number of rotatable bonds is 9. The van der Waals surface area contributed by atoms with Gasteiger partial charge < -0.3 is 28.4 Å². The van der Waals surface area contributed by atoms with Crippen LogP contribution in [0, 0.1) is 0 Å². The van der Waals surface area contributed by atoms with Gasteiger partial charge in [0.05, 0.1) is 6.61 Å². The molecule has 5 unspecified atom stereocenters. The fraction of sp³-hybridized carbons (Fsp3) is 0.722. The third-order valence-electron chi connectivity index (χ3n) is 3.62. The van der Waals surface area contributed by atoms with Crippen molar-refractivity contribution in [3.63, 3.8) is 0 Å². The molecule has 1 fully saturated rings. The molecule has 5 atom stereocenters. The molecular formula is C18H26O11S. The minimum Gasteiger partial charge on any atom is -0.463 e. The number of carbonyl (C=O) groups is 5. The molecule has 1 aliphatic rings. The van der Waals surface area contributed by atoms with E-state index in [4.69, 9.17) is 28.4 Å². The van der Waals surface area contributed by atoms with Crippen LogP contribution >= 0.6 is 11.8 Å². The Bertz CT molecular complexity index is 650. The Hall–Kier alpha value is -2.18. The summed E-state index contributed by atoms with van der Waals surface area (Å²) in [7, 11) is 0. The molecule has 0 aromatic heterocycles. The van der Waals surface area contributed by atoms with Crippen LogP contribution < -0.4 is 0 Å². The lowest BCUT2D eigenvalue weighted by molar-refractivity contribution is -0.307. The third-order valence-corrected chi connectivity index (χ3v) is 4.40. The van der Waals surface area contributed by atoms with Crippen LogP contribution in [0.15, 0.2) is 0 Å². The second-order valence-electron chi connectivity index (χ2n) is 6.28. The molecule has 0 saturated carbocycles. The van der Waals surface area contributed by atoms with Gasteiger partial charge in [0.15, 0.2) is 29.7 Å². The first-order chi connectivity index (χ1) is 14.0. The number of hydrogen-bond donors (Lipinski definition) is 0. The summed E-state index contributed by atoms with van der Waals surface area (Å²) >= 11 is 1.02. The quantitative estimate of drug-likeness (QED) is 0.272. The Kier molecular flexibility index (Phi) is 10.8. The van der Waals surface area contributed by atoms with E-state index in [0.717, 1.165) is 32.5 Å². The predicted octanol–water partition coefficient (Wildman–Crippen LogP) is 0.366. The SMILES string of the molecule is CC(=O)OCC1OC(OCCSC(C)=O)C(OC(C)=O)C(OC(C)=O)C1OC(C)=O. The van der Waals surface area contributed by atoms with Crippen molar-refractivity contribution in [1.82, 2.24) is 0 Å². The van der Waals surface area contributed by atoms with Crippen molar-refractivity contribution in [3.05, 3.63) is 0 Å². The molecule has 0 aromatic rings.